The number of anilines is 1. The normalized spacial score (nSPS) is 16.5. The Labute approximate surface area is 178 Å². The Morgan fingerprint density at radius 2 is 1.73 bits per heavy atom. The van der Waals surface area contributed by atoms with Gasteiger partial charge in [0.25, 0.3) is 0 Å². The zero-order valence-electron chi connectivity index (χ0n) is 16.1. The minimum Gasteiger partial charge on any atom is -0.323 e. The summed E-state index contributed by atoms with van der Waals surface area (Å²) in [6.07, 6.45) is 0.364. The van der Waals surface area contributed by atoms with E-state index in [4.69, 9.17) is 16.6 Å². The Hall–Kier alpha value is -3.18. The fourth-order valence-corrected chi connectivity index (χ4v) is 4.32. The molecule has 4 aromatic rings. The van der Waals surface area contributed by atoms with Crippen LogP contribution < -0.4 is 4.90 Å². The zero-order chi connectivity index (χ0) is 20.7. The molecule has 0 saturated carbocycles. The first kappa shape index (κ1) is 18.8. The monoisotopic (exact) mass is 419 g/mol. The van der Waals surface area contributed by atoms with Crippen LogP contribution in [0.1, 0.15) is 23.7 Å². The minimum absolute atomic E-state index is 0.0166. The van der Waals surface area contributed by atoms with Crippen molar-refractivity contribution in [3.05, 3.63) is 95.0 Å². The van der Waals surface area contributed by atoms with Crippen LogP contribution in [-0.2, 0) is 11.3 Å². The molecular weight excluding hydrogens is 401 g/mol. The van der Waals surface area contributed by atoms with Gasteiger partial charge in [0.05, 0.1) is 17.6 Å². The van der Waals surface area contributed by atoms with E-state index in [9.17, 15) is 9.18 Å². The van der Waals surface area contributed by atoms with Crippen molar-refractivity contribution in [2.75, 3.05) is 11.4 Å². The van der Waals surface area contributed by atoms with Gasteiger partial charge in [0.15, 0.2) is 0 Å². The first-order chi connectivity index (χ1) is 14.6. The first-order valence-electron chi connectivity index (χ1n) is 9.84. The third kappa shape index (κ3) is 3.35. The van der Waals surface area contributed by atoms with Crippen LogP contribution in [0.3, 0.4) is 0 Å². The van der Waals surface area contributed by atoms with Gasteiger partial charge in [-0.2, -0.15) is 0 Å². The predicted molar refractivity (Wildman–Crippen MR) is 116 cm³/mol. The lowest BCUT2D eigenvalue weighted by atomic mass is 10.1. The summed E-state index contributed by atoms with van der Waals surface area (Å²) in [6.45, 7) is 1.09. The van der Waals surface area contributed by atoms with Gasteiger partial charge in [-0.25, -0.2) is 9.37 Å². The van der Waals surface area contributed by atoms with E-state index in [2.05, 4.69) is 4.57 Å². The molecule has 6 heteroatoms. The molecule has 30 heavy (non-hydrogen) atoms. The van der Waals surface area contributed by atoms with E-state index in [-0.39, 0.29) is 17.6 Å². The summed E-state index contributed by atoms with van der Waals surface area (Å²) in [5, 5.41) is 0.705. The second-order valence-corrected chi connectivity index (χ2v) is 7.93. The number of hydrogen-bond acceptors (Lipinski definition) is 2. The maximum atomic E-state index is 13.3. The van der Waals surface area contributed by atoms with Crippen molar-refractivity contribution >= 4 is 34.2 Å². The molecule has 1 amide bonds. The van der Waals surface area contributed by atoms with Gasteiger partial charge in [0.1, 0.15) is 11.6 Å². The number of aromatic nitrogens is 2. The van der Waals surface area contributed by atoms with Crippen LogP contribution in [0.5, 0.6) is 0 Å². The number of fused-ring (bicyclic) bond motifs is 1. The molecule has 1 fully saturated rings. The van der Waals surface area contributed by atoms with Crippen molar-refractivity contribution in [3.8, 4) is 0 Å². The summed E-state index contributed by atoms with van der Waals surface area (Å²) in [4.78, 5) is 19.3. The molecule has 5 rings (SSSR count). The summed E-state index contributed by atoms with van der Waals surface area (Å²) in [6, 6.07) is 21.8. The standard InChI is InChI=1S/C24H19ClFN3O/c25-20-6-2-1-5-16(20)14-29-22-8-4-3-7-21(22)27-24(29)17-13-23(30)28(15-17)19-11-9-18(26)10-12-19/h1-12,17H,13-15H2/t17-/m0/s1. The molecule has 1 aliphatic heterocycles. The summed E-state index contributed by atoms with van der Waals surface area (Å²) in [5.74, 6) is 0.512. The Balaban J connectivity index is 1.53. The second-order valence-electron chi connectivity index (χ2n) is 7.52. The van der Waals surface area contributed by atoms with Gasteiger partial charge in [-0.1, -0.05) is 41.9 Å². The number of amides is 1. The van der Waals surface area contributed by atoms with Crippen molar-refractivity contribution in [2.45, 2.75) is 18.9 Å². The number of halogens is 2. The van der Waals surface area contributed by atoms with E-state index in [1.54, 1.807) is 17.0 Å². The van der Waals surface area contributed by atoms with Gasteiger partial charge < -0.3 is 9.47 Å². The highest BCUT2D eigenvalue weighted by Gasteiger charge is 2.35. The molecule has 1 saturated heterocycles. The largest absolute Gasteiger partial charge is 0.323 e. The Kier molecular flexibility index (Phi) is 4.75. The fourth-order valence-electron chi connectivity index (χ4n) is 4.12. The number of nitrogens with zero attached hydrogens (tertiary/aromatic N) is 3. The fraction of sp³-hybridized carbons (Fsp3) is 0.167. The quantitative estimate of drug-likeness (QED) is 0.444. The Bertz CT molecular complexity index is 1230. The maximum Gasteiger partial charge on any atom is 0.227 e. The van der Waals surface area contributed by atoms with Crippen LogP contribution in [0.2, 0.25) is 5.02 Å². The van der Waals surface area contributed by atoms with Crippen molar-refractivity contribution in [2.24, 2.45) is 0 Å². The van der Waals surface area contributed by atoms with E-state index in [0.717, 1.165) is 22.4 Å². The average molecular weight is 420 g/mol. The molecule has 4 nitrogen and oxygen atoms in total. The molecule has 0 spiro atoms. The SMILES string of the molecule is O=C1C[C@H](c2nc3ccccc3n2Cc2ccccc2Cl)CN1c1ccc(F)cc1. The molecule has 2 heterocycles. The molecule has 0 radical (unpaired) electrons. The summed E-state index contributed by atoms with van der Waals surface area (Å²) < 4.78 is 15.5. The molecule has 1 aromatic heterocycles. The Morgan fingerprint density at radius 3 is 2.53 bits per heavy atom. The van der Waals surface area contributed by atoms with Crippen molar-refractivity contribution < 1.29 is 9.18 Å². The van der Waals surface area contributed by atoms with Crippen LogP contribution >= 0.6 is 11.6 Å². The molecule has 1 atom stereocenters. The number of rotatable bonds is 4. The number of benzene rings is 3. The third-order valence-electron chi connectivity index (χ3n) is 5.60. The molecular formula is C24H19ClFN3O. The molecule has 0 N–H and O–H groups in total. The highest BCUT2D eigenvalue weighted by Crippen LogP contribution is 2.34. The number of carbonyl (C=O) groups excluding carboxylic acids is 1. The molecule has 0 unspecified atom stereocenters. The van der Waals surface area contributed by atoms with Crippen LogP contribution in [0.15, 0.2) is 72.8 Å². The van der Waals surface area contributed by atoms with Gasteiger partial charge in [-0.3, -0.25) is 4.79 Å². The average Bonchev–Trinajstić information content (AvgIpc) is 3.31. The van der Waals surface area contributed by atoms with Crippen LogP contribution in [0.25, 0.3) is 11.0 Å². The van der Waals surface area contributed by atoms with Gasteiger partial charge >= 0.3 is 0 Å². The molecule has 0 aliphatic carbocycles. The lowest BCUT2D eigenvalue weighted by Gasteiger charge is -2.17. The predicted octanol–water partition coefficient (Wildman–Crippen LogP) is 5.40. The van der Waals surface area contributed by atoms with Gasteiger partial charge in [0.2, 0.25) is 5.91 Å². The van der Waals surface area contributed by atoms with Crippen LogP contribution in [0.4, 0.5) is 10.1 Å². The number of para-hydroxylation sites is 2. The van der Waals surface area contributed by atoms with E-state index < -0.39 is 0 Å². The van der Waals surface area contributed by atoms with E-state index in [0.29, 0.717) is 30.2 Å². The second kappa shape index (κ2) is 7.58. The number of hydrogen-bond donors (Lipinski definition) is 0. The zero-order valence-corrected chi connectivity index (χ0v) is 16.9. The highest BCUT2D eigenvalue weighted by molar-refractivity contribution is 6.31. The van der Waals surface area contributed by atoms with Crippen molar-refractivity contribution in [1.82, 2.24) is 9.55 Å². The molecule has 3 aromatic carbocycles. The summed E-state index contributed by atoms with van der Waals surface area (Å²) in [7, 11) is 0. The van der Waals surface area contributed by atoms with E-state index in [1.807, 2.05) is 48.5 Å². The van der Waals surface area contributed by atoms with Crippen LogP contribution in [0, 0.1) is 5.82 Å². The lowest BCUT2D eigenvalue weighted by Crippen LogP contribution is -2.24. The minimum atomic E-state index is -0.316. The molecule has 150 valence electrons. The van der Waals surface area contributed by atoms with Gasteiger partial charge in [-0.15, -0.1) is 0 Å². The van der Waals surface area contributed by atoms with Crippen LogP contribution in [-0.4, -0.2) is 22.0 Å². The summed E-state index contributed by atoms with van der Waals surface area (Å²) >= 11 is 6.42. The third-order valence-corrected chi connectivity index (χ3v) is 5.97. The number of imidazole rings is 1. The maximum absolute atomic E-state index is 13.3. The molecule has 0 bridgehead atoms. The molecule has 1 aliphatic rings. The van der Waals surface area contributed by atoms with Gasteiger partial charge in [-0.05, 0) is 48.0 Å². The van der Waals surface area contributed by atoms with E-state index in [1.165, 1.54) is 12.1 Å². The lowest BCUT2D eigenvalue weighted by molar-refractivity contribution is -0.117. The van der Waals surface area contributed by atoms with Crippen molar-refractivity contribution in [1.29, 1.82) is 0 Å². The smallest absolute Gasteiger partial charge is 0.227 e. The first-order valence-corrected chi connectivity index (χ1v) is 10.2. The highest BCUT2D eigenvalue weighted by atomic mass is 35.5. The van der Waals surface area contributed by atoms with Gasteiger partial charge in [0, 0.05) is 29.6 Å². The van der Waals surface area contributed by atoms with E-state index >= 15 is 0 Å². The van der Waals surface area contributed by atoms with Crippen molar-refractivity contribution in [3.63, 3.8) is 0 Å². The topological polar surface area (TPSA) is 38.1 Å². The Morgan fingerprint density at radius 1 is 1.00 bits per heavy atom. The summed E-state index contributed by atoms with van der Waals surface area (Å²) in [5.41, 5.74) is 3.62. The number of carbonyl (C=O) groups is 1.